The van der Waals surface area contributed by atoms with Crippen molar-refractivity contribution in [2.75, 3.05) is 6.61 Å². The fourth-order valence-corrected chi connectivity index (χ4v) is 2.21. The minimum absolute atomic E-state index is 0.198. The number of rotatable bonds is 2. The molecular formula is C14H13F3O2. The molecule has 0 heterocycles. The maximum Gasteiger partial charge on any atom is 0.416 e. The van der Waals surface area contributed by atoms with E-state index in [1.54, 1.807) is 13.8 Å². The first-order valence-electron chi connectivity index (χ1n) is 5.92. The third kappa shape index (κ3) is 2.50. The van der Waals surface area contributed by atoms with E-state index in [4.69, 9.17) is 4.74 Å². The molecule has 1 aromatic rings. The largest absolute Gasteiger partial charge is 0.463 e. The summed E-state index contributed by atoms with van der Waals surface area (Å²) in [5.74, 6) is -0.454. The molecule has 5 heteroatoms. The molecule has 0 saturated carbocycles. The molecule has 1 aromatic carbocycles. The number of alkyl halides is 3. The molecule has 0 spiro atoms. The average molecular weight is 270 g/mol. The topological polar surface area (TPSA) is 26.3 Å². The van der Waals surface area contributed by atoms with Gasteiger partial charge in [-0.1, -0.05) is 6.07 Å². The van der Waals surface area contributed by atoms with E-state index in [1.165, 1.54) is 6.07 Å². The van der Waals surface area contributed by atoms with Crippen LogP contribution in [0.25, 0.3) is 5.57 Å². The molecule has 1 aliphatic carbocycles. The van der Waals surface area contributed by atoms with Crippen molar-refractivity contribution in [3.8, 4) is 0 Å². The second kappa shape index (κ2) is 4.72. The summed E-state index contributed by atoms with van der Waals surface area (Å²) in [7, 11) is 0. The quantitative estimate of drug-likeness (QED) is 0.767. The van der Waals surface area contributed by atoms with Crippen LogP contribution >= 0.6 is 0 Å². The second-order valence-corrected chi connectivity index (χ2v) is 4.37. The number of halogens is 3. The van der Waals surface area contributed by atoms with Gasteiger partial charge in [-0.3, -0.25) is 0 Å². The van der Waals surface area contributed by atoms with Crippen LogP contribution in [0.3, 0.4) is 0 Å². The molecule has 0 fully saturated rings. The minimum atomic E-state index is -4.37. The number of fused-ring (bicyclic) bond motifs is 1. The second-order valence-electron chi connectivity index (χ2n) is 4.37. The van der Waals surface area contributed by atoms with Crippen LogP contribution < -0.4 is 0 Å². The highest BCUT2D eigenvalue weighted by molar-refractivity contribution is 6.00. The highest BCUT2D eigenvalue weighted by atomic mass is 19.4. The SMILES string of the molecule is CCOC(=O)C1=C(C)c2ccc(C(F)(F)F)cc2C1. The maximum absolute atomic E-state index is 12.6. The van der Waals surface area contributed by atoms with Crippen molar-refractivity contribution in [3.63, 3.8) is 0 Å². The number of hydrogen-bond acceptors (Lipinski definition) is 2. The van der Waals surface area contributed by atoms with Gasteiger partial charge in [-0.05, 0) is 42.7 Å². The number of carbonyl (C=O) groups is 1. The van der Waals surface area contributed by atoms with Crippen molar-refractivity contribution in [2.24, 2.45) is 0 Å². The molecule has 0 aliphatic heterocycles. The lowest BCUT2D eigenvalue weighted by Crippen LogP contribution is -2.08. The van der Waals surface area contributed by atoms with Crippen molar-refractivity contribution >= 4 is 11.5 Å². The van der Waals surface area contributed by atoms with Gasteiger partial charge in [0.15, 0.2) is 0 Å². The average Bonchev–Trinajstić information content (AvgIpc) is 2.66. The zero-order chi connectivity index (χ0) is 14.2. The van der Waals surface area contributed by atoms with Gasteiger partial charge in [-0.2, -0.15) is 13.2 Å². The molecule has 0 amide bonds. The van der Waals surface area contributed by atoms with E-state index in [0.29, 0.717) is 22.3 Å². The monoisotopic (exact) mass is 270 g/mol. The molecule has 0 saturated heterocycles. The van der Waals surface area contributed by atoms with Crippen molar-refractivity contribution in [1.29, 1.82) is 0 Å². The van der Waals surface area contributed by atoms with Crippen molar-refractivity contribution < 1.29 is 22.7 Å². The summed E-state index contributed by atoms with van der Waals surface area (Å²) in [6.07, 6.45) is -4.17. The molecule has 1 aliphatic rings. The fourth-order valence-electron chi connectivity index (χ4n) is 2.21. The zero-order valence-corrected chi connectivity index (χ0v) is 10.6. The van der Waals surface area contributed by atoms with Crippen LogP contribution in [-0.4, -0.2) is 12.6 Å². The predicted molar refractivity (Wildman–Crippen MR) is 64.4 cm³/mol. The summed E-state index contributed by atoms with van der Waals surface area (Å²) in [5.41, 5.74) is 1.66. The molecule has 19 heavy (non-hydrogen) atoms. The number of carbonyl (C=O) groups excluding carboxylic acids is 1. The van der Waals surface area contributed by atoms with E-state index in [2.05, 4.69) is 0 Å². The number of ether oxygens (including phenoxy) is 1. The summed E-state index contributed by atoms with van der Waals surface area (Å²) in [5, 5.41) is 0. The Labute approximate surface area is 108 Å². The standard InChI is InChI=1S/C14H13F3O2/c1-3-19-13(18)12-7-9-6-10(14(15,16)17)4-5-11(9)8(12)2/h4-6H,3,7H2,1-2H3. The number of hydrogen-bond donors (Lipinski definition) is 0. The van der Waals surface area contributed by atoms with E-state index in [9.17, 15) is 18.0 Å². The number of benzene rings is 1. The Kier molecular flexibility index (Phi) is 3.39. The van der Waals surface area contributed by atoms with Crippen LogP contribution in [0, 0.1) is 0 Å². The summed E-state index contributed by atoms with van der Waals surface area (Å²) in [4.78, 5) is 11.7. The van der Waals surface area contributed by atoms with E-state index in [0.717, 1.165) is 12.1 Å². The summed E-state index contributed by atoms with van der Waals surface area (Å²) < 4.78 is 42.8. The Morgan fingerprint density at radius 2 is 2.05 bits per heavy atom. The van der Waals surface area contributed by atoms with Crippen LogP contribution in [0.2, 0.25) is 0 Å². The van der Waals surface area contributed by atoms with Crippen molar-refractivity contribution in [3.05, 3.63) is 40.5 Å². The van der Waals surface area contributed by atoms with Gasteiger partial charge in [-0.15, -0.1) is 0 Å². The van der Waals surface area contributed by atoms with Crippen LogP contribution in [0.1, 0.15) is 30.5 Å². The maximum atomic E-state index is 12.6. The molecule has 0 aromatic heterocycles. The van der Waals surface area contributed by atoms with E-state index in [1.807, 2.05) is 0 Å². The lowest BCUT2D eigenvalue weighted by molar-refractivity contribution is -0.138. The molecule has 0 bridgehead atoms. The number of allylic oxidation sites excluding steroid dienone is 1. The first-order chi connectivity index (χ1) is 8.84. The third-order valence-corrected chi connectivity index (χ3v) is 3.18. The van der Waals surface area contributed by atoms with Crippen molar-refractivity contribution in [2.45, 2.75) is 26.4 Å². The predicted octanol–water partition coefficient (Wildman–Crippen LogP) is 3.60. The van der Waals surface area contributed by atoms with Crippen LogP contribution in [0.4, 0.5) is 13.2 Å². The van der Waals surface area contributed by atoms with Gasteiger partial charge < -0.3 is 4.74 Å². The van der Waals surface area contributed by atoms with Crippen molar-refractivity contribution in [1.82, 2.24) is 0 Å². The normalized spacial score (nSPS) is 14.6. The molecular weight excluding hydrogens is 257 g/mol. The van der Waals surface area contributed by atoms with Crippen LogP contribution in [-0.2, 0) is 22.1 Å². The first kappa shape index (κ1) is 13.6. The van der Waals surface area contributed by atoms with Gasteiger partial charge in [0.1, 0.15) is 0 Å². The molecule has 0 unspecified atom stereocenters. The summed E-state index contributed by atoms with van der Waals surface area (Å²) >= 11 is 0. The lowest BCUT2D eigenvalue weighted by Gasteiger charge is -2.08. The van der Waals surface area contributed by atoms with Crippen LogP contribution in [0.15, 0.2) is 23.8 Å². The van der Waals surface area contributed by atoms with Gasteiger partial charge in [0.05, 0.1) is 12.2 Å². The smallest absolute Gasteiger partial charge is 0.416 e. The van der Waals surface area contributed by atoms with Crippen LogP contribution in [0.5, 0.6) is 0 Å². The molecule has 102 valence electrons. The molecule has 0 atom stereocenters. The van der Waals surface area contributed by atoms with Gasteiger partial charge in [-0.25, -0.2) is 4.79 Å². The molecule has 2 nitrogen and oxygen atoms in total. The van der Waals surface area contributed by atoms with E-state index >= 15 is 0 Å². The summed E-state index contributed by atoms with van der Waals surface area (Å²) in [6.45, 7) is 3.67. The minimum Gasteiger partial charge on any atom is -0.463 e. The first-order valence-corrected chi connectivity index (χ1v) is 5.92. The highest BCUT2D eigenvalue weighted by Gasteiger charge is 2.33. The Hall–Kier alpha value is -1.78. The molecule has 0 radical (unpaired) electrons. The Morgan fingerprint density at radius 3 is 2.63 bits per heavy atom. The molecule has 2 rings (SSSR count). The third-order valence-electron chi connectivity index (χ3n) is 3.18. The Morgan fingerprint density at radius 1 is 1.37 bits per heavy atom. The lowest BCUT2D eigenvalue weighted by atomic mass is 10.0. The molecule has 0 N–H and O–H groups in total. The Bertz CT molecular complexity index is 556. The van der Waals surface area contributed by atoms with Gasteiger partial charge in [0, 0.05) is 12.0 Å². The highest BCUT2D eigenvalue weighted by Crippen LogP contribution is 2.37. The van der Waals surface area contributed by atoms with E-state index in [-0.39, 0.29) is 13.0 Å². The van der Waals surface area contributed by atoms with Gasteiger partial charge >= 0.3 is 12.1 Å². The summed E-state index contributed by atoms with van der Waals surface area (Å²) in [6, 6.07) is 3.56. The van der Waals surface area contributed by atoms with Gasteiger partial charge in [0.2, 0.25) is 0 Å². The van der Waals surface area contributed by atoms with E-state index < -0.39 is 17.7 Å². The fraction of sp³-hybridized carbons (Fsp3) is 0.357. The number of esters is 1. The zero-order valence-electron chi connectivity index (χ0n) is 10.6. The Balaban J connectivity index is 2.35. The van der Waals surface area contributed by atoms with Gasteiger partial charge in [0.25, 0.3) is 0 Å².